The number of rotatable bonds is 45. The van der Waals surface area contributed by atoms with E-state index in [0.717, 1.165) is 38.6 Å². The van der Waals surface area contributed by atoms with Gasteiger partial charge in [0.15, 0.2) is 0 Å². The fourth-order valence-corrected chi connectivity index (χ4v) is 7.61. The van der Waals surface area contributed by atoms with E-state index in [-0.39, 0.29) is 12.0 Å². The van der Waals surface area contributed by atoms with Crippen LogP contribution in [0.1, 0.15) is 264 Å². The quantitative estimate of drug-likeness (QED) is 0.0423. The smallest absolute Gasteiger partial charge is 0.305 e. The highest BCUT2D eigenvalue weighted by Gasteiger charge is 2.12. The number of hydrogen-bond acceptors (Lipinski definition) is 5. The van der Waals surface area contributed by atoms with E-state index >= 15 is 0 Å². The van der Waals surface area contributed by atoms with Crippen molar-refractivity contribution in [2.45, 2.75) is 276 Å². The van der Waals surface area contributed by atoms with Crippen molar-refractivity contribution in [1.82, 2.24) is 5.32 Å². The summed E-state index contributed by atoms with van der Waals surface area (Å²) in [7, 11) is 0. The summed E-state index contributed by atoms with van der Waals surface area (Å²) in [6, 6.07) is 0.656. The van der Waals surface area contributed by atoms with Crippen molar-refractivity contribution in [3.05, 3.63) is 0 Å². The second-order valence-electron chi connectivity index (χ2n) is 16.7. The van der Waals surface area contributed by atoms with E-state index in [1.54, 1.807) is 0 Å². The third-order valence-electron chi connectivity index (χ3n) is 11.3. The van der Waals surface area contributed by atoms with Gasteiger partial charge < -0.3 is 20.9 Å². The third kappa shape index (κ3) is 43.5. The van der Waals surface area contributed by atoms with Crippen molar-refractivity contribution < 1.29 is 19.4 Å². The van der Waals surface area contributed by atoms with Crippen LogP contribution in [-0.2, 0) is 14.3 Å². The van der Waals surface area contributed by atoms with E-state index in [2.05, 4.69) is 19.2 Å². The molecule has 0 aliphatic rings. The van der Waals surface area contributed by atoms with Gasteiger partial charge in [-0.2, -0.15) is 0 Å². The number of aliphatic carboxylic acids is 1. The van der Waals surface area contributed by atoms with Crippen LogP contribution in [0.5, 0.6) is 0 Å². The Hall–Kier alpha value is -1.14. The zero-order valence-electron chi connectivity index (χ0n) is 35.9. The predicted molar refractivity (Wildman–Crippen MR) is 230 cm³/mol. The number of carboxylic acid groups (broad SMARTS) is 1. The minimum atomic E-state index is -0.665. The minimum Gasteiger partial charge on any atom is -0.481 e. The molecule has 0 aliphatic heterocycles. The average molecular weight is 751 g/mol. The maximum Gasteiger partial charge on any atom is 0.305 e. The molecule has 0 fully saturated rings. The Morgan fingerprint density at radius 1 is 0.491 bits per heavy atom. The van der Waals surface area contributed by atoms with Gasteiger partial charge in [-0.05, 0) is 45.6 Å². The maximum absolute atomic E-state index is 12.0. The van der Waals surface area contributed by atoms with E-state index in [4.69, 9.17) is 15.6 Å². The zero-order chi connectivity index (χ0) is 38.7. The summed E-state index contributed by atoms with van der Waals surface area (Å²) in [5, 5.41) is 12.4. The lowest BCUT2D eigenvalue weighted by Crippen LogP contribution is -2.43. The maximum atomic E-state index is 12.0. The van der Waals surface area contributed by atoms with Crippen LogP contribution < -0.4 is 11.1 Å². The van der Waals surface area contributed by atoms with Gasteiger partial charge in [0.2, 0.25) is 0 Å². The highest BCUT2D eigenvalue weighted by molar-refractivity contribution is 5.69. The summed E-state index contributed by atoms with van der Waals surface area (Å²) in [4.78, 5) is 22.6. The molecule has 0 aliphatic carbocycles. The molecule has 4 N–H and O–H groups in total. The zero-order valence-corrected chi connectivity index (χ0v) is 35.9. The number of carbonyl (C=O) groups excluding carboxylic acids is 1. The molecular weight excluding hydrogens is 657 g/mol. The monoisotopic (exact) mass is 751 g/mol. The molecule has 316 valence electrons. The van der Waals surface area contributed by atoms with Crippen LogP contribution in [-0.4, -0.2) is 42.3 Å². The lowest BCUT2D eigenvalue weighted by molar-refractivity contribution is -0.144. The molecule has 6 nitrogen and oxygen atoms in total. The fourth-order valence-electron chi connectivity index (χ4n) is 7.61. The normalized spacial score (nSPS) is 12.7. The van der Waals surface area contributed by atoms with Gasteiger partial charge in [-0.25, -0.2) is 0 Å². The summed E-state index contributed by atoms with van der Waals surface area (Å²) in [6.07, 6.45) is 48.6. The van der Waals surface area contributed by atoms with E-state index < -0.39 is 5.97 Å². The molecule has 53 heavy (non-hydrogen) atoms. The van der Waals surface area contributed by atoms with Crippen molar-refractivity contribution in [2.75, 3.05) is 13.2 Å². The fraction of sp³-hybridized carbons (Fsp3) is 0.957. The first-order chi connectivity index (χ1) is 26.0. The minimum absolute atomic E-state index is 0.0112. The molecule has 0 spiro atoms. The van der Waals surface area contributed by atoms with Crippen molar-refractivity contribution in [1.29, 1.82) is 0 Å². The van der Waals surface area contributed by atoms with Crippen molar-refractivity contribution in [2.24, 2.45) is 5.73 Å². The molecule has 2 atom stereocenters. The molecule has 6 heteroatoms. The number of carbonyl (C=O) groups is 2. The van der Waals surface area contributed by atoms with Crippen LogP contribution in [0.25, 0.3) is 0 Å². The predicted octanol–water partition coefficient (Wildman–Crippen LogP) is 14.2. The summed E-state index contributed by atoms with van der Waals surface area (Å²) in [6.45, 7) is 6.14. The summed E-state index contributed by atoms with van der Waals surface area (Å²) >= 11 is 0. The molecule has 0 saturated heterocycles. The molecule has 0 radical (unpaired) electrons. The highest BCUT2D eigenvalue weighted by Crippen LogP contribution is 2.16. The van der Waals surface area contributed by atoms with Gasteiger partial charge >= 0.3 is 11.9 Å². The third-order valence-corrected chi connectivity index (χ3v) is 11.3. The van der Waals surface area contributed by atoms with Crippen LogP contribution in [0.15, 0.2) is 0 Å². The van der Waals surface area contributed by atoms with Crippen molar-refractivity contribution in [3.8, 4) is 0 Å². The van der Waals surface area contributed by atoms with Gasteiger partial charge in [0, 0.05) is 24.9 Å². The average Bonchev–Trinajstić information content (AvgIpc) is 3.14. The van der Waals surface area contributed by atoms with Gasteiger partial charge in [-0.1, -0.05) is 212 Å². The van der Waals surface area contributed by atoms with Gasteiger partial charge in [0.1, 0.15) is 0 Å². The Morgan fingerprint density at radius 2 is 0.830 bits per heavy atom. The molecule has 0 aromatic heterocycles. The standard InChI is InChI=1S/C47H94N2O4/c1-3-4-5-6-7-8-9-10-11-18-23-28-33-38-43-53-47(52)41-36-31-26-21-16-13-17-22-27-32-37-42-49-45(44(2)48)39-34-29-24-19-14-12-15-20-25-30-35-40-46(50)51/h44-45,49H,3-43,48H2,1-2H3,(H,50,51). The topological polar surface area (TPSA) is 102 Å². The Bertz CT molecular complexity index is 746. The molecule has 2 unspecified atom stereocenters. The van der Waals surface area contributed by atoms with Crippen LogP contribution in [0.3, 0.4) is 0 Å². The van der Waals surface area contributed by atoms with Crippen LogP contribution >= 0.6 is 0 Å². The number of ether oxygens (including phenoxy) is 1. The summed E-state index contributed by atoms with van der Waals surface area (Å²) < 4.78 is 5.47. The Labute approximate surface area is 331 Å². The number of carboxylic acids is 1. The molecule has 0 bridgehead atoms. The number of esters is 1. The molecule has 0 aromatic rings. The SMILES string of the molecule is CCCCCCCCCCCCCCCCOC(=O)CCCCCCCCCCCCCNC(CCCCCCCCCCCCCC(=O)O)C(C)N. The first-order valence-electron chi connectivity index (χ1n) is 23.8. The van der Waals surface area contributed by atoms with Gasteiger partial charge in [-0.3, -0.25) is 9.59 Å². The Morgan fingerprint density at radius 3 is 1.23 bits per heavy atom. The summed E-state index contributed by atoms with van der Waals surface area (Å²) in [5.41, 5.74) is 6.30. The van der Waals surface area contributed by atoms with Crippen molar-refractivity contribution in [3.63, 3.8) is 0 Å². The van der Waals surface area contributed by atoms with Crippen molar-refractivity contribution >= 4 is 11.9 Å². The number of hydrogen-bond donors (Lipinski definition) is 3. The second-order valence-corrected chi connectivity index (χ2v) is 16.7. The van der Waals surface area contributed by atoms with Crippen LogP contribution in [0, 0.1) is 0 Å². The van der Waals surface area contributed by atoms with Crippen LogP contribution in [0.2, 0.25) is 0 Å². The lowest BCUT2D eigenvalue weighted by atomic mass is 10.0. The van der Waals surface area contributed by atoms with Gasteiger partial charge in [0.05, 0.1) is 6.61 Å². The van der Waals surface area contributed by atoms with E-state index in [1.165, 1.54) is 205 Å². The number of nitrogens with one attached hydrogen (secondary N) is 1. The molecule has 0 heterocycles. The molecule has 0 saturated carbocycles. The Balaban J connectivity index is 3.37. The van der Waals surface area contributed by atoms with E-state index in [1.807, 2.05) is 0 Å². The first kappa shape index (κ1) is 51.9. The largest absolute Gasteiger partial charge is 0.481 e. The number of unbranched alkanes of at least 4 members (excludes halogenated alkanes) is 33. The first-order valence-corrected chi connectivity index (χ1v) is 23.8. The lowest BCUT2D eigenvalue weighted by Gasteiger charge is -2.22. The van der Waals surface area contributed by atoms with E-state index in [0.29, 0.717) is 25.5 Å². The second kappa shape index (κ2) is 43.6. The number of nitrogens with two attached hydrogens (primary N) is 1. The molecule has 0 aromatic carbocycles. The van der Waals surface area contributed by atoms with Gasteiger partial charge in [-0.15, -0.1) is 0 Å². The van der Waals surface area contributed by atoms with E-state index in [9.17, 15) is 9.59 Å². The van der Waals surface area contributed by atoms with Crippen LogP contribution in [0.4, 0.5) is 0 Å². The molecule has 0 rings (SSSR count). The molecule has 0 amide bonds. The Kier molecular flexibility index (Phi) is 42.6. The molecular formula is C47H94N2O4. The summed E-state index contributed by atoms with van der Waals surface area (Å²) in [5.74, 6) is -0.654. The van der Waals surface area contributed by atoms with Gasteiger partial charge in [0.25, 0.3) is 0 Å². The highest BCUT2D eigenvalue weighted by atomic mass is 16.5.